The van der Waals surface area contributed by atoms with Crippen molar-refractivity contribution in [2.45, 2.75) is 45.6 Å². The van der Waals surface area contributed by atoms with E-state index in [0.29, 0.717) is 17.4 Å². The lowest BCUT2D eigenvalue weighted by Crippen LogP contribution is -2.55. The van der Waals surface area contributed by atoms with Gasteiger partial charge in [-0.3, -0.25) is 0 Å². The van der Waals surface area contributed by atoms with Gasteiger partial charge >= 0.3 is 0 Å². The predicted molar refractivity (Wildman–Crippen MR) is 72.5 cm³/mol. The maximum absolute atomic E-state index is 6.00. The molecule has 2 rings (SSSR count). The van der Waals surface area contributed by atoms with Crippen molar-refractivity contribution < 1.29 is 0 Å². The molecule has 16 heavy (non-hydrogen) atoms. The summed E-state index contributed by atoms with van der Waals surface area (Å²) in [5.41, 5.74) is 0.364. The summed E-state index contributed by atoms with van der Waals surface area (Å²) in [5.74, 6) is 0.680. The smallest absolute Gasteiger partial charge is 0.0931 e. The maximum Gasteiger partial charge on any atom is 0.0931 e. The number of rotatable bonds is 4. The molecule has 1 saturated carbocycles. The molecule has 3 heteroatoms. The zero-order chi connectivity index (χ0) is 11.8. The van der Waals surface area contributed by atoms with Gasteiger partial charge in [-0.15, -0.1) is 11.3 Å². The minimum absolute atomic E-state index is 0.364. The molecule has 1 N–H and O–H groups in total. The summed E-state index contributed by atoms with van der Waals surface area (Å²) in [6, 6.07) is 4.87. The highest BCUT2D eigenvalue weighted by atomic mass is 35.5. The molecule has 0 saturated heterocycles. The summed E-state index contributed by atoms with van der Waals surface area (Å²) >= 11 is 7.74. The van der Waals surface area contributed by atoms with Crippen molar-refractivity contribution in [1.29, 1.82) is 0 Å². The van der Waals surface area contributed by atoms with Crippen molar-refractivity contribution >= 4 is 22.9 Å². The molecule has 0 amide bonds. The van der Waals surface area contributed by atoms with E-state index in [-0.39, 0.29) is 0 Å². The molecular formula is C13H20ClNS. The Hall–Kier alpha value is -0.0500. The number of hydrogen-bond acceptors (Lipinski definition) is 2. The van der Waals surface area contributed by atoms with Gasteiger partial charge in [-0.1, -0.05) is 32.4 Å². The Labute approximate surface area is 107 Å². The van der Waals surface area contributed by atoms with Gasteiger partial charge in [0.2, 0.25) is 0 Å². The van der Waals surface area contributed by atoms with Crippen LogP contribution >= 0.6 is 22.9 Å². The fourth-order valence-corrected chi connectivity index (χ4v) is 3.96. The van der Waals surface area contributed by atoms with Crippen LogP contribution in [0.4, 0.5) is 0 Å². The summed E-state index contributed by atoms with van der Waals surface area (Å²) in [5, 5.41) is 3.64. The van der Waals surface area contributed by atoms with Crippen LogP contribution in [-0.4, -0.2) is 12.6 Å². The second-order valence-electron chi connectivity index (χ2n) is 5.26. The lowest BCUT2D eigenvalue weighted by Gasteiger charge is -2.52. The third-order valence-corrected chi connectivity index (χ3v) is 5.19. The fourth-order valence-electron chi connectivity index (χ4n) is 2.59. The van der Waals surface area contributed by atoms with Gasteiger partial charge in [-0.25, -0.2) is 0 Å². The second-order valence-corrected chi connectivity index (χ2v) is 7.00. The highest BCUT2D eigenvalue weighted by Crippen LogP contribution is 2.54. The second kappa shape index (κ2) is 4.67. The summed E-state index contributed by atoms with van der Waals surface area (Å²) < 4.78 is 0.913. The molecule has 0 spiro atoms. The summed E-state index contributed by atoms with van der Waals surface area (Å²) in [6.07, 6.45) is 2.46. The predicted octanol–water partition coefficient (Wildman–Crippen LogP) is 4.28. The first kappa shape index (κ1) is 12.4. The Balaban J connectivity index is 2.01. The molecule has 1 aromatic rings. The van der Waals surface area contributed by atoms with Gasteiger partial charge < -0.3 is 5.32 Å². The molecule has 1 aliphatic carbocycles. The molecule has 0 bridgehead atoms. The first-order valence-electron chi connectivity index (χ1n) is 6.04. The van der Waals surface area contributed by atoms with E-state index in [1.807, 2.05) is 6.07 Å². The number of hydrogen-bond donors (Lipinski definition) is 1. The highest BCUT2D eigenvalue weighted by Gasteiger charge is 2.48. The molecule has 1 aliphatic rings. The zero-order valence-corrected chi connectivity index (χ0v) is 11.8. The van der Waals surface area contributed by atoms with Crippen LogP contribution in [0.25, 0.3) is 0 Å². The van der Waals surface area contributed by atoms with E-state index >= 15 is 0 Å². The van der Waals surface area contributed by atoms with Gasteiger partial charge in [0.15, 0.2) is 0 Å². The number of nitrogens with one attached hydrogen (secondary N) is 1. The molecule has 2 unspecified atom stereocenters. The topological polar surface area (TPSA) is 12.0 Å². The third kappa shape index (κ3) is 2.15. The monoisotopic (exact) mass is 257 g/mol. The Morgan fingerprint density at radius 3 is 2.75 bits per heavy atom. The lowest BCUT2D eigenvalue weighted by molar-refractivity contribution is 0.0716. The molecule has 1 fully saturated rings. The van der Waals surface area contributed by atoms with Crippen molar-refractivity contribution in [2.24, 2.45) is 5.41 Å². The maximum atomic E-state index is 6.00. The van der Waals surface area contributed by atoms with Crippen LogP contribution in [0.5, 0.6) is 0 Å². The van der Waals surface area contributed by atoms with Crippen LogP contribution in [0.3, 0.4) is 0 Å². The van der Waals surface area contributed by atoms with Gasteiger partial charge in [0, 0.05) is 16.8 Å². The van der Waals surface area contributed by atoms with E-state index in [1.54, 1.807) is 11.3 Å². The van der Waals surface area contributed by atoms with Crippen LogP contribution < -0.4 is 5.32 Å². The highest BCUT2D eigenvalue weighted by molar-refractivity contribution is 7.16. The first-order valence-corrected chi connectivity index (χ1v) is 7.23. The van der Waals surface area contributed by atoms with Gasteiger partial charge in [-0.05, 0) is 36.9 Å². The van der Waals surface area contributed by atoms with Crippen molar-refractivity contribution in [1.82, 2.24) is 5.32 Å². The third-order valence-electron chi connectivity index (χ3n) is 3.85. The van der Waals surface area contributed by atoms with Crippen molar-refractivity contribution in [2.75, 3.05) is 6.54 Å². The largest absolute Gasteiger partial charge is 0.313 e. The van der Waals surface area contributed by atoms with Crippen LogP contribution in [0.1, 0.15) is 44.4 Å². The van der Waals surface area contributed by atoms with E-state index in [2.05, 4.69) is 32.2 Å². The molecule has 1 heterocycles. The minimum atomic E-state index is 0.364. The molecule has 90 valence electrons. The van der Waals surface area contributed by atoms with Gasteiger partial charge in [0.25, 0.3) is 0 Å². The Bertz CT molecular complexity index is 359. The molecule has 0 radical (unpaired) electrons. The van der Waals surface area contributed by atoms with Crippen LogP contribution in [0.2, 0.25) is 4.34 Å². The Morgan fingerprint density at radius 2 is 2.25 bits per heavy atom. The van der Waals surface area contributed by atoms with Crippen LogP contribution in [0.15, 0.2) is 12.1 Å². The fraction of sp³-hybridized carbons (Fsp3) is 0.692. The summed E-state index contributed by atoms with van der Waals surface area (Å²) in [7, 11) is 0. The Kier molecular flexibility index (Phi) is 3.62. The number of thiophene rings is 1. The van der Waals surface area contributed by atoms with E-state index in [4.69, 9.17) is 11.6 Å². The quantitative estimate of drug-likeness (QED) is 0.849. The molecular weight excluding hydrogens is 238 g/mol. The van der Waals surface area contributed by atoms with E-state index in [0.717, 1.165) is 10.9 Å². The lowest BCUT2D eigenvalue weighted by atomic mass is 9.58. The van der Waals surface area contributed by atoms with Crippen molar-refractivity contribution in [3.8, 4) is 0 Å². The molecule has 0 aliphatic heterocycles. The van der Waals surface area contributed by atoms with Crippen molar-refractivity contribution in [3.63, 3.8) is 0 Å². The Morgan fingerprint density at radius 1 is 1.50 bits per heavy atom. The molecule has 1 aromatic heterocycles. The summed E-state index contributed by atoms with van der Waals surface area (Å²) in [4.78, 5) is 1.45. The van der Waals surface area contributed by atoms with E-state index < -0.39 is 0 Å². The SMILES string of the molecule is CCCNC1CC(c2ccc(Cl)s2)C1(C)C. The normalized spacial score (nSPS) is 27.8. The molecule has 0 aromatic carbocycles. The molecule has 1 nitrogen and oxygen atoms in total. The average molecular weight is 258 g/mol. The van der Waals surface area contributed by atoms with Gasteiger partial charge in [0.1, 0.15) is 0 Å². The van der Waals surface area contributed by atoms with Gasteiger partial charge in [0.05, 0.1) is 4.34 Å². The van der Waals surface area contributed by atoms with E-state index in [1.165, 1.54) is 17.7 Å². The van der Waals surface area contributed by atoms with Crippen LogP contribution in [-0.2, 0) is 0 Å². The first-order chi connectivity index (χ1) is 7.55. The minimum Gasteiger partial charge on any atom is -0.313 e. The van der Waals surface area contributed by atoms with Crippen LogP contribution in [0, 0.1) is 5.41 Å². The van der Waals surface area contributed by atoms with Gasteiger partial charge in [-0.2, -0.15) is 0 Å². The summed E-state index contributed by atoms with van der Waals surface area (Å²) in [6.45, 7) is 8.07. The van der Waals surface area contributed by atoms with E-state index in [9.17, 15) is 0 Å². The zero-order valence-electron chi connectivity index (χ0n) is 10.2. The average Bonchev–Trinajstić information content (AvgIpc) is 2.63. The van der Waals surface area contributed by atoms with Crippen molar-refractivity contribution in [3.05, 3.63) is 21.3 Å². The molecule has 2 atom stereocenters. The number of halogens is 1. The standard InChI is InChI=1S/C13H20ClNS/c1-4-7-15-11-8-9(13(11,2)3)10-5-6-12(14)16-10/h5-6,9,11,15H,4,7-8H2,1-3H3.